The zero-order valence-electron chi connectivity index (χ0n) is 14.6. The van der Waals surface area contributed by atoms with E-state index in [9.17, 15) is 14.7 Å². The average Bonchev–Trinajstić information content (AvgIpc) is 2.59. The topological polar surface area (TPSA) is 101 Å². The second kappa shape index (κ2) is 8.53. The first-order valence-electron chi connectivity index (χ1n) is 8.17. The highest BCUT2D eigenvalue weighted by atomic mass is 16.5. The molecular formula is C18H23N3O4. The Morgan fingerprint density at radius 3 is 2.56 bits per heavy atom. The molecule has 0 spiro atoms. The number of aliphatic hydroxyl groups excluding tert-OH is 1. The van der Waals surface area contributed by atoms with Crippen molar-refractivity contribution in [3.63, 3.8) is 0 Å². The van der Waals surface area contributed by atoms with Crippen LogP contribution in [0.15, 0.2) is 30.5 Å². The molecule has 0 bridgehead atoms. The van der Waals surface area contributed by atoms with E-state index in [1.54, 1.807) is 6.20 Å². The van der Waals surface area contributed by atoms with Crippen LogP contribution in [0.4, 0.5) is 0 Å². The number of nitrogens with one attached hydrogen (secondary N) is 1. The first-order chi connectivity index (χ1) is 11.9. The molecule has 2 rings (SSSR count). The van der Waals surface area contributed by atoms with Gasteiger partial charge >= 0.3 is 5.97 Å². The van der Waals surface area contributed by atoms with Gasteiger partial charge in [0.1, 0.15) is 12.1 Å². The Balaban J connectivity index is 2.13. The van der Waals surface area contributed by atoms with E-state index in [1.165, 1.54) is 7.11 Å². The number of ether oxygens (including phenoxy) is 1. The number of benzene rings is 1. The Labute approximate surface area is 146 Å². The molecule has 0 aliphatic rings. The normalized spacial score (nSPS) is 13.5. The molecule has 2 aromatic rings. The molecule has 134 valence electrons. The molecule has 1 aromatic carbocycles. The monoisotopic (exact) mass is 345 g/mol. The molecule has 7 heteroatoms. The smallest absolute Gasteiger partial charge is 0.328 e. The van der Waals surface area contributed by atoms with Crippen LogP contribution in [0.2, 0.25) is 0 Å². The maximum Gasteiger partial charge on any atom is 0.328 e. The lowest BCUT2D eigenvalue weighted by Crippen LogP contribution is -2.47. The predicted molar refractivity (Wildman–Crippen MR) is 92.7 cm³/mol. The molecule has 25 heavy (non-hydrogen) atoms. The number of aliphatic hydroxyl groups is 1. The number of rotatable bonds is 7. The van der Waals surface area contributed by atoms with Crippen LogP contribution < -0.4 is 5.32 Å². The Hall–Kier alpha value is -2.54. The second-order valence-corrected chi connectivity index (χ2v) is 6.28. The fourth-order valence-corrected chi connectivity index (χ4v) is 2.46. The van der Waals surface area contributed by atoms with E-state index >= 15 is 0 Å². The Morgan fingerprint density at radius 1 is 1.24 bits per heavy atom. The van der Waals surface area contributed by atoms with Gasteiger partial charge in [-0.3, -0.25) is 9.78 Å². The first-order valence-corrected chi connectivity index (χ1v) is 8.17. The summed E-state index contributed by atoms with van der Waals surface area (Å²) in [6.07, 6.45) is 0.838. The lowest BCUT2D eigenvalue weighted by atomic mass is 10.0. The van der Waals surface area contributed by atoms with Crippen molar-refractivity contribution in [2.45, 2.75) is 38.8 Å². The molecule has 1 heterocycles. The van der Waals surface area contributed by atoms with Crippen LogP contribution in [0.1, 0.15) is 26.0 Å². The highest BCUT2D eigenvalue weighted by molar-refractivity contribution is 5.87. The second-order valence-electron chi connectivity index (χ2n) is 6.28. The Bertz CT molecular complexity index is 748. The fraction of sp³-hybridized carbons (Fsp3) is 0.444. The number of carbonyl (C=O) groups excluding carboxylic acids is 2. The van der Waals surface area contributed by atoms with Gasteiger partial charge in [0.15, 0.2) is 0 Å². The van der Waals surface area contributed by atoms with E-state index < -0.39 is 24.0 Å². The molecule has 0 saturated heterocycles. The third kappa shape index (κ3) is 5.22. The van der Waals surface area contributed by atoms with Gasteiger partial charge in [-0.2, -0.15) is 0 Å². The molecule has 0 aliphatic heterocycles. The number of carbonyl (C=O) groups is 2. The van der Waals surface area contributed by atoms with Crippen LogP contribution in [0, 0.1) is 5.92 Å². The summed E-state index contributed by atoms with van der Waals surface area (Å²) < 4.78 is 4.75. The summed E-state index contributed by atoms with van der Waals surface area (Å²) in [4.78, 5) is 32.8. The van der Waals surface area contributed by atoms with Crippen LogP contribution >= 0.6 is 0 Å². The molecule has 0 unspecified atom stereocenters. The van der Waals surface area contributed by atoms with Crippen molar-refractivity contribution in [2.24, 2.45) is 5.92 Å². The van der Waals surface area contributed by atoms with E-state index in [4.69, 9.17) is 4.74 Å². The van der Waals surface area contributed by atoms with Gasteiger partial charge in [0.25, 0.3) is 0 Å². The molecule has 0 aliphatic carbocycles. The summed E-state index contributed by atoms with van der Waals surface area (Å²) >= 11 is 0. The summed E-state index contributed by atoms with van der Waals surface area (Å²) in [5.74, 6) is -1.04. The molecule has 1 aromatic heterocycles. The summed E-state index contributed by atoms with van der Waals surface area (Å²) in [5.41, 5.74) is 2.00. The summed E-state index contributed by atoms with van der Waals surface area (Å²) in [7, 11) is 1.25. The van der Waals surface area contributed by atoms with Gasteiger partial charge in [-0.1, -0.05) is 26.0 Å². The number of aromatic nitrogens is 2. The summed E-state index contributed by atoms with van der Waals surface area (Å²) in [6, 6.07) is 6.44. The van der Waals surface area contributed by atoms with Gasteiger partial charge in [-0.15, -0.1) is 0 Å². The number of methoxy groups -OCH3 is 1. The zero-order valence-corrected chi connectivity index (χ0v) is 14.6. The largest absolute Gasteiger partial charge is 0.467 e. The predicted octanol–water partition coefficient (Wildman–Crippen LogP) is 1.24. The number of hydrogen-bond acceptors (Lipinski definition) is 6. The minimum absolute atomic E-state index is 0.130. The van der Waals surface area contributed by atoms with Crippen molar-refractivity contribution in [3.8, 4) is 0 Å². The Morgan fingerprint density at radius 2 is 1.92 bits per heavy atom. The minimum Gasteiger partial charge on any atom is -0.467 e. The van der Waals surface area contributed by atoms with Crippen LogP contribution in [0.5, 0.6) is 0 Å². The highest BCUT2D eigenvalue weighted by Crippen LogP contribution is 2.11. The van der Waals surface area contributed by atoms with Gasteiger partial charge in [0.05, 0.1) is 23.8 Å². The maximum atomic E-state index is 12.1. The lowest BCUT2D eigenvalue weighted by Gasteiger charge is -2.19. The zero-order chi connectivity index (χ0) is 18.4. The van der Waals surface area contributed by atoms with Crippen molar-refractivity contribution >= 4 is 22.9 Å². The number of esters is 1. The van der Waals surface area contributed by atoms with E-state index in [1.807, 2.05) is 38.1 Å². The van der Waals surface area contributed by atoms with Gasteiger partial charge in [0, 0.05) is 12.6 Å². The van der Waals surface area contributed by atoms with Crippen LogP contribution in [0.3, 0.4) is 0 Å². The maximum absolute atomic E-state index is 12.1. The fourth-order valence-electron chi connectivity index (χ4n) is 2.46. The minimum atomic E-state index is -1.17. The van der Waals surface area contributed by atoms with E-state index in [0.29, 0.717) is 17.6 Å². The molecule has 0 radical (unpaired) electrons. The molecule has 0 saturated carbocycles. The molecule has 2 N–H and O–H groups in total. The van der Waals surface area contributed by atoms with Gasteiger partial charge in [-0.05, 0) is 24.5 Å². The highest BCUT2D eigenvalue weighted by Gasteiger charge is 2.26. The number of nitrogens with zero attached hydrogens (tertiary/aromatic N) is 2. The van der Waals surface area contributed by atoms with Gasteiger partial charge in [-0.25, -0.2) is 9.78 Å². The third-order valence-electron chi connectivity index (χ3n) is 3.71. The van der Waals surface area contributed by atoms with Crippen LogP contribution in [-0.2, 0) is 20.7 Å². The SMILES string of the molecule is COC(=O)[C@H](Cc1cnc2ccccc2n1)NC(=O)[C@@H](O)CC(C)C. The molecule has 0 fully saturated rings. The van der Waals surface area contributed by atoms with Crippen molar-refractivity contribution < 1.29 is 19.4 Å². The van der Waals surface area contributed by atoms with Crippen LogP contribution in [0.25, 0.3) is 11.0 Å². The Kier molecular flexibility index (Phi) is 6.41. The first kappa shape index (κ1) is 18.8. The standard InChI is InChI=1S/C18H23N3O4/c1-11(2)8-16(22)17(23)21-15(18(24)25-3)9-12-10-19-13-6-4-5-7-14(13)20-12/h4-7,10-11,15-16,22H,8-9H2,1-3H3,(H,21,23)/t15-,16-/m0/s1. The van der Waals surface area contributed by atoms with Crippen molar-refractivity contribution in [1.29, 1.82) is 0 Å². The summed E-state index contributed by atoms with van der Waals surface area (Å²) in [5, 5.41) is 12.4. The van der Waals surface area contributed by atoms with Crippen molar-refractivity contribution in [1.82, 2.24) is 15.3 Å². The van der Waals surface area contributed by atoms with Crippen LogP contribution in [-0.4, -0.2) is 46.2 Å². The summed E-state index contributed by atoms with van der Waals surface area (Å²) in [6.45, 7) is 3.80. The molecule has 2 atom stereocenters. The van der Waals surface area contributed by atoms with E-state index in [0.717, 1.165) is 5.52 Å². The lowest BCUT2D eigenvalue weighted by molar-refractivity contribution is -0.146. The van der Waals surface area contributed by atoms with Crippen molar-refractivity contribution in [2.75, 3.05) is 7.11 Å². The van der Waals surface area contributed by atoms with Crippen molar-refractivity contribution in [3.05, 3.63) is 36.2 Å². The van der Waals surface area contributed by atoms with E-state index in [2.05, 4.69) is 15.3 Å². The molecule has 1 amide bonds. The quantitative estimate of drug-likeness (QED) is 0.732. The number of amides is 1. The number of fused-ring (bicyclic) bond motifs is 1. The van der Waals surface area contributed by atoms with Gasteiger partial charge in [0.2, 0.25) is 5.91 Å². The van der Waals surface area contributed by atoms with E-state index in [-0.39, 0.29) is 12.3 Å². The van der Waals surface area contributed by atoms with Gasteiger partial charge < -0.3 is 15.2 Å². The third-order valence-corrected chi connectivity index (χ3v) is 3.71. The number of para-hydroxylation sites is 2. The molecule has 7 nitrogen and oxygen atoms in total. The number of hydrogen-bond donors (Lipinski definition) is 2. The average molecular weight is 345 g/mol. The molecular weight excluding hydrogens is 322 g/mol.